The number of methoxy groups -OCH3 is 1. The standard InChI is InChI=1S/C21H21F2N7O/c1-31-15-4-2-3-13-17(15)27-21(25)30-20(13)28-19(29-30)12-7-11(8-12)14-6-5-10(9-26-14)16(24)18(22)23/h2-6,9,11-12,16,18H,7-8,24H2,1H3,(H2,25,27)/t11-,12+,16-/m1/s1. The van der Waals surface area contributed by atoms with E-state index >= 15 is 0 Å². The largest absolute Gasteiger partial charge is 0.494 e. The third-order valence-corrected chi connectivity index (χ3v) is 5.91. The normalized spacial score (nSPS) is 19.6. The molecule has 1 saturated carbocycles. The first kappa shape index (κ1) is 19.6. The van der Waals surface area contributed by atoms with Crippen molar-refractivity contribution in [3.8, 4) is 5.75 Å². The summed E-state index contributed by atoms with van der Waals surface area (Å²) < 4.78 is 32.5. The number of fused-ring (bicyclic) bond motifs is 3. The van der Waals surface area contributed by atoms with E-state index in [1.165, 1.54) is 6.20 Å². The predicted molar refractivity (Wildman–Crippen MR) is 111 cm³/mol. The third-order valence-electron chi connectivity index (χ3n) is 5.91. The number of pyridine rings is 1. The second-order valence-electron chi connectivity index (χ2n) is 7.77. The van der Waals surface area contributed by atoms with Crippen molar-refractivity contribution in [1.29, 1.82) is 0 Å². The van der Waals surface area contributed by atoms with E-state index in [1.54, 1.807) is 23.8 Å². The zero-order chi connectivity index (χ0) is 21.7. The summed E-state index contributed by atoms with van der Waals surface area (Å²) in [6, 6.07) is 7.70. The van der Waals surface area contributed by atoms with Crippen LogP contribution in [0.25, 0.3) is 16.6 Å². The lowest BCUT2D eigenvalue weighted by atomic mass is 9.72. The third kappa shape index (κ3) is 3.23. The maximum atomic E-state index is 12.8. The number of ether oxygens (including phenoxy) is 1. The van der Waals surface area contributed by atoms with Crippen molar-refractivity contribution in [2.24, 2.45) is 5.73 Å². The Hall–Kier alpha value is -3.40. The number of anilines is 1. The van der Waals surface area contributed by atoms with Gasteiger partial charge in [0.05, 0.1) is 13.2 Å². The number of alkyl halides is 2. The van der Waals surface area contributed by atoms with Gasteiger partial charge in [-0.1, -0.05) is 12.1 Å². The molecule has 0 radical (unpaired) electrons. The molecule has 1 aromatic carbocycles. The van der Waals surface area contributed by atoms with Crippen LogP contribution in [0.5, 0.6) is 5.75 Å². The quantitative estimate of drug-likeness (QED) is 0.504. The van der Waals surface area contributed by atoms with Crippen LogP contribution in [0, 0.1) is 0 Å². The van der Waals surface area contributed by atoms with Gasteiger partial charge < -0.3 is 16.2 Å². The Balaban J connectivity index is 1.38. The number of aromatic nitrogens is 5. The fourth-order valence-electron chi connectivity index (χ4n) is 4.05. The minimum Gasteiger partial charge on any atom is -0.494 e. The molecule has 0 amide bonds. The van der Waals surface area contributed by atoms with Crippen LogP contribution in [0.15, 0.2) is 36.5 Å². The Bertz CT molecular complexity index is 1250. The highest BCUT2D eigenvalue weighted by Crippen LogP contribution is 2.46. The van der Waals surface area contributed by atoms with Gasteiger partial charge in [-0.3, -0.25) is 4.98 Å². The SMILES string of the molecule is COc1cccc2c1nc(N)n1nc([C@H]3C[C@@H](c4ccc([C@@H](N)C(F)F)cn4)C3)nc21. The number of nitrogen functional groups attached to an aromatic ring is 1. The highest BCUT2D eigenvalue weighted by Gasteiger charge is 2.35. The van der Waals surface area contributed by atoms with E-state index in [1.807, 2.05) is 18.2 Å². The first-order valence-corrected chi connectivity index (χ1v) is 9.94. The summed E-state index contributed by atoms with van der Waals surface area (Å²) in [6.45, 7) is 0. The van der Waals surface area contributed by atoms with Gasteiger partial charge in [0.25, 0.3) is 6.43 Å². The van der Waals surface area contributed by atoms with E-state index in [-0.39, 0.29) is 17.8 Å². The average molecular weight is 425 g/mol. The first-order chi connectivity index (χ1) is 15.0. The van der Waals surface area contributed by atoms with E-state index in [0.717, 1.165) is 23.9 Å². The molecule has 0 bridgehead atoms. The smallest absolute Gasteiger partial charge is 0.257 e. The molecule has 3 aromatic heterocycles. The van der Waals surface area contributed by atoms with Gasteiger partial charge in [-0.25, -0.2) is 18.7 Å². The zero-order valence-electron chi connectivity index (χ0n) is 16.7. The summed E-state index contributed by atoms with van der Waals surface area (Å²) in [6.07, 6.45) is 0.464. The number of halogens is 2. The molecule has 4 N–H and O–H groups in total. The van der Waals surface area contributed by atoms with Gasteiger partial charge in [-0.05, 0) is 36.6 Å². The number of hydrogen-bond acceptors (Lipinski definition) is 7. The monoisotopic (exact) mass is 425 g/mol. The Labute approximate surface area is 176 Å². The minimum atomic E-state index is -2.61. The lowest BCUT2D eigenvalue weighted by Crippen LogP contribution is -2.23. The topological polar surface area (TPSA) is 117 Å². The lowest BCUT2D eigenvalue weighted by molar-refractivity contribution is 0.116. The summed E-state index contributed by atoms with van der Waals surface area (Å²) in [5, 5.41) is 5.40. The number of nitrogens with two attached hydrogens (primary N) is 2. The van der Waals surface area contributed by atoms with Crippen molar-refractivity contribution < 1.29 is 13.5 Å². The van der Waals surface area contributed by atoms with E-state index < -0.39 is 12.5 Å². The van der Waals surface area contributed by atoms with E-state index in [4.69, 9.17) is 21.2 Å². The van der Waals surface area contributed by atoms with Crippen LogP contribution in [0.3, 0.4) is 0 Å². The van der Waals surface area contributed by atoms with Crippen molar-refractivity contribution in [2.75, 3.05) is 12.8 Å². The average Bonchev–Trinajstić information content (AvgIpc) is 3.18. The second kappa shape index (κ2) is 7.38. The van der Waals surface area contributed by atoms with Gasteiger partial charge in [0.15, 0.2) is 11.5 Å². The van der Waals surface area contributed by atoms with Gasteiger partial charge in [0.2, 0.25) is 5.95 Å². The molecule has 8 nitrogen and oxygen atoms in total. The van der Waals surface area contributed by atoms with E-state index in [9.17, 15) is 8.78 Å². The molecular formula is C21H21F2N7O. The molecule has 4 aromatic rings. The number of hydrogen-bond donors (Lipinski definition) is 2. The van der Waals surface area contributed by atoms with Gasteiger partial charge in [-0.15, -0.1) is 5.10 Å². The molecule has 0 aliphatic heterocycles. The summed E-state index contributed by atoms with van der Waals surface area (Å²) in [5.41, 5.74) is 14.1. The summed E-state index contributed by atoms with van der Waals surface area (Å²) in [7, 11) is 1.59. The molecule has 5 rings (SSSR count). The predicted octanol–water partition coefficient (Wildman–Crippen LogP) is 3.19. The van der Waals surface area contributed by atoms with Crippen molar-refractivity contribution in [2.45, 2.75) is 37.1 Å². The van der Waals surface area contributed by atoms with Gasteiger partial charge in [0, 0.05) is 29.1 Å². The molecule has 3 heterocycles. The molecule has 1 aliphatic carbocycles. The van der Waals surface area contributed by atoms with E-state index in [0.29, 0.717) is 28.3 Å². The van der Waals surface area contributed by atoms with Gasteiger partial charge >= 0.3 is 0 Å². The van der Waals surface area contributed by atoms with Crippen LogP contribution >= 0.6 is 0 Å². The molecule has 0 unspecified atom stereocenters. The highest BCUT2D eigenvalue weighted by atomic mass is 19.3. The van der Waals surface area contributed by atoms with Gasteiger partial charge in [0.1, 0.15) is 11.3 Å². The maximum absolute atomic E-state index is 12.8. The fourth-order valence-corrected chi connectivity index (χ4v) is 4.05. The molecule has 1 fully saturated rings. The van der Waals surface area contributed by atoms with Crippen molar-refractivity contribution in [1.82, 2.24) is 24.6 Å². The summed E-state index contributed by atoms with van der Waals surface area (Å²) >= 11 is 0. The molecule has 10 heteroatoms. The van der Waals surface area contributed by atoms with Crippen LogP contribution < -0.4 is 16.2 Å². The van der Waals surface area contributed by atoms with Crippen molar-refractivity contribution in [3.05, 3.63) is 53.6 Å². The Morgan fingerprint density at radius 3 is 2.61 bits per heavy atom. The second-order valence-corrected chi connectivity index (χ2v) is 7.77. The Morgan fingerprint density at radius 2 is 1.94 bits per heavy atom. The fraction of sp³-hybridized carbons (Fsp3) is 0.333. The van der Waals surface area contributed by atoms with Crippen molar-refractivity contribution in [3.63, 3.8) is 0 Å². The van der Waals surface area contributed by atoms with Crippen LogP contribution in [0.2, 0.25) is 0 Å². The van der Waals surface area contributed by atoms with Gasteiger partial charge in [-0.2, -0.15) is 4.52 Å². The molecule has 0 spiro atoms. The first-order valence-electron chi connectivity index (χ1n) is 9.94. The molecule has 1 atom stereocenters. The van der Waals surface area contributed by atoms with Crippen LogP contribution in [0.1, 0.15) is 47.8 Å². The summed E-state index contributed by atoms with van der Waals surface area (Å²) in [5.74, 6) is 1.96. The molecule has 0 saturated heterocycles. The maximum Gasteiger partial charge on any atom is 0.257 e. The molecule has 160 valence electrons. The van der Waals surface area contributed by atoms with Crippen LogP contribution in [-0.4, -0.2) is 38.1 Å². The number of benzene rings is 1. The lowest BCUT2D eigenvalue weighted by Gasteiger charge is -2.33. The Morgan fingerprint density at radius 1 is 1.13 bits per heavy atom. The number of para-hydroxylation sites is 1. The summed E-state index contributed by atoms with van der Waals surface area (Å²) in [4.78, 5) is 13.5. The zero-order valence-corrected chi connectivity index (χ0v) is 16.7. The Kier molecular flexibility index (Phi) is 4.66. The van der Waals surface area contributed by atoms with Crippen molar-refractivity contribution >= 4 is 22.5 Å². The molecule has 1 aliphatic rings. The minimum absolute atomic E-state index is 0.162. The van der Waals surface area contributed by atoms with Crippen LogP contribution in [-0.2, 0) is 0 Å². The number of nitrogens with zero attached hydrogens (tertiary/aromatic N) is 5. The van der Waals surface area contributed by atoms with Crippen LogP contribution in [0.4, 0.5) is 14.7 Å². The number of rotatable bonds is 5. The molecular weight excluding hydrogens is 404 g/mol. The molecule has 31 heavy (non-hydrogen) atoms. The highest BCUT2D eigenvalue weighted by molar-refractivity contribution is 5.95. The van der Waals surface area contributed by atoms with E-state index in [2.05, 4.69) is 15.1 Å².